The largest absolute Gasteiger partial charge is 0.433 e. The minimum atomic E-state index is -4.32. The van der Waals surface area contributed by atoms with Crippen LogP contribution in [0, 0.1) is 0 Å². The summed E-state index contributed by atoms with van der Waals surface area (Å²) >= 11 is 0. The third kappa shape index (κ3) is 5.02. The van der Waals surface area contributed by atoms with Crippen molar-refractivity contribution in [3.63, 3.8) is 0 Å². The Hall–Kier alpha value is -1.99. The number of hydrogen-bond acceptors (Lipinski definition) is 1. The molecule has 2 nitrogen and oxygen atoms in total. The van der Waals surface area contributed by atoms with Crippen LogP contribution in [0.1, 0.15) is 11.4 Å². The molecule has 8 heteroatoms. The quantitative estimate of drug-likeness (QED) is 0.723. The monoisotopic (exact) mass is 282 g/mol. The highest BCUT2D eigenvalue weighted by atomic mass is 19.4. The predicted octanol–water partition coefficient (Wildman–Crippen LogP) is 4.13. The van der Waals surface area contributed by atoms with Gasteiger partial charge in [0.25, 0.3) is 0 Å². The molecule has 2 rings (SSSR count). The van der Waals surface area contributed by atoms with E-state index in [9.17, 15) is 26.3 Å². The zero-order chi connectivity index (χ0) is 14.5. The first kappa shape index (κ1) is 15.1. The summed E-state index contributed by atoms with van der Waals surface area (Å²) in [5.74, 6) is 0. The lowest BCUT2D eigenvalue weighted by Gasteiger charge is -2.02. The summed E-state index contributed by atoms with van der Waals surface area (Å²) < 4.78 is 69.9. The molecule has 2 aromatic heterocycles. The van der Waals surface area contributed by atoms with Crippen molar-refractivity contribution in [1.29, 1.82) is 0 Å². The van der Waals surface area contributed by atoms with Gasteiger partial charge >= 0.3 is 12.4 Å². The summed E-state index contributed by atoms with van der Waals surface area (Å²) in [4.78, 5) is 5.18. The van der Waals surface area contributed by atoms with Crippen LogP contribution < -0.4 is 0 Å². The topological polar surface area (TPSA) is 28.7 Å². The number of aromatic nitrogens is 2. The highest BCUT2D eigenvalue weighted by Crippen LogP contribution is 2.27. The molecule has 0 radical (unpaired) electrons. The number of aromatic amines is 1. The SMILES string of the molecule is FC(F)(F)c1ccc[nH]1.FC(F)(F)c1ccccn1. The average molecular weight is 282 g/mol. The summed E-state index contributed by atoms with van der Waals surface area (Å²) in [6.45, 7) is 0. The number of hydrogen-bond donors (Lipinski definition) is 1. The first-order chi connectivity index (χ1) is 8.71. The normalized spacial score (nSPS) is 11.7. The van der Waals surface area contributed by atoms with E-state index in [1.165, 1.54) is 24.4 Å². The van der Waals surface area contributed by atoms with Gasteiger partial charge in [0.2, 0.25) is 0 Å². The van der Waals surface area contributed by atoms with E-state index in [0.717, 1.165) is 18.3 Å². The second kappa shape index (κ2) is 5.77. The van der Waals surface area contributed by atoms with Crippen molar-refractivity contribution in [3.8, 4) is 0 Å². The van der Waals surface area contributed by atoms with Gasteiger partial charge in [-0.2, -0.15) is 26.3 Å². The van der Waals surface area contributed by atoms with Gasteiger partial charge in [-0.05, 0) is 24.3 Å². The molecule has 0 aliphatic rings. The van der Waals surface area contributed by atoms with Crippen molar-refractivity contribution < 1.29 is 26.3 Å². The summed E-state index contributed by atoms with van der Waals surface area (Å²) in [6.07, 6.45) is -6.20. The Morgan fingerprint density at radius 1 is 0.842 bits per heavy atom. The average Bonchev–Trinajstić information content (AvgIpc) is 2.83. The van der Waals surface area contributed by atoms with Gasteiger partial charge in [0, 0.05) is 12.4 Å². The van der Waals surface area contributed by atoms with Crippen LogP contribution in [0.3, 0.4) is 0 Å². The number of nitrogens with one attached hydrogen (secondary N) is 1. The number of alkyl halides is 6. The smallest absolute Gasteiger partial charge is 0.358 e. The zero-order valence-corrected chi connectivity index (χ0v) is 9.26. The highest BCUT2D eigenvalue weighted by molar-refractivity contribution is 5.07. The standard InChI is InChI=1S/C6H4F3N.C5H4F3N/c7-6(8,9)5-3-1-2-4-10-5;6-5(7,8)4-2-1-3-9-4/h1-4H;1-3,9H. The fraction of sp³-hybridized carbons (Fsp3) is 0.182. The molecule has 0 atom stereocenters. The lowest BCUT2D eigenvalue weighted by atomic mass is 10.3. The molecule has 0 saturated heterocycles. The minimum absolute atomic E-state index is 0.706. The maximum atomic E-state index is 11.7. The first-order valence-electron chi connectivity index (χ1n) is 4.90. The number of nitrogens with zero attached hydrogens (tertiary/aromatic N) is 1. The number of rotatable bonds is 0. The van der Waals surface area contributed by atoms with Gasteiger partial charge in [-0.1, -0.05) is 6.07 Å². The molecular formula is C11H8F6N2. The molecule has 2 heterocycles. The Morgan fingerprint density at radius 2 is 1.53 bits per heavy atom. The van der Waals surface area contributed by atoms with E-state index in [1.807, 2.05) is 0 Å². The van der Waals surface area contributed by atoms with Crippen LogP contribution in [0.5, 0.6) is 0 Å². The maximum absolute atomic E-state index is 11.7. The van der Waals surface area contributed by atoms with Crippen LogP contribution in [-0.2, 0) is 12.4 Å². The number of halogens is 6. The van der Waals surface area contributed by atoms with Crippen LogP contribution in [-0.4, -0.2) is 9.97 Å². The first-order valence-corrected chi connectivity index (χ1v) is 4.90. The van der Waals surface area contributed by atoms with Crippen molar-refractivity contribution in [1.82, 2.24) is 9.97 Å². The lowest BCUT2D eigenvalue weighted by molar-refractivity contribution is -0.141. The Labute approximate surface area is 104 Å². The van der Waals surface area contributed by atoms with Crippen molar-refractivity contribution in [2.75, 3.05) is 0 Å². The molecule has 0 unspecified atom stereocenters. The van der Waals surface area contributed by atoms with Gasteiger partial charge in [0.05, 0.1) is 0 Å². The third-order valence-electron chi connectivity index (χ3n) is 1.86. The Morgan fingerprint density at radius 3 is 1.79 bits per heavy atom. The van der Waals surface area contributed by atoms with Gasteiger partial charge in [-0.3, -0.25) is 4.98 Å². The Balaban J connectivity index is 0.000000191. The summed E-state index contributed by atoms with van der Waals surface area (Å²) in [5, 5.41) is 0. The van der Waals surface area contributed by atoms with E-state index >= 15 is 0 Å². The fourth-order valence-corrected chi connectivity index (χ4v) is 1.04. The van der Waals surface area contributed by atoms with Gasteiger partial charge in [0.15, 0.2) is 0 Å². The molecule has 2 aromatic rings. The van der Waals surface area contributed by atoms with Gasteiger partial charge in [0.1, 0.15) is 11.4 Å². The van der Waals surface area contributed by atoms with E-state index in [2.05, 4.69) is 9.97 Å². The predicted molar refractivity (Wildman–Crippen MR) is 55.0 cm³/mol. The molecule has 0 aliphatic carbocycles. The molecular weight excluding hydrogens is 274 g/mol. The summed E-state index contributed by atoms with van der Waals surface area (Å²) in [6, 6.07) is 5.97. The molecule has 0 amide bonds. The van der Waals surface area contributed by atoms with E-state index < -0.39 is 23.7 Å². The minimum Gasteiger partial charge on any atom is -0.358 e. The van der Waals surface area contributed by atoms with E-state index in [4.69, 9.17) is 0 Å². The van der Waals surface area contributed by atoms with Crippen molar-refractivity contribution in [2.24, 2.45) is 0 Å². The second-order valence-electron chi connectivity index (χ2n) is 3.29. The molecule has 1 N–H and O–H groups in total. The number of H-pyrrole nitrogens is 1. The van der Waals surface area contributed by atoms with Crippen LogP contribution >= 0.6 is 0 Å². The summed E-state index contributed by atoms with van der Waals surface area (Å²) in [7, 11) is 0. The van der Waals surface area contributed by atoms with Crippen molar-refractivity contribution >= 4 is 0 Å². The van der Waals surface area contributed by atoms with E-state index in [-0.39, 0.29) is 0 Å². The van der Waals surface area contributed by atoms with Crippen LogP contribution in [0.25, 0.3) is 0 Å². The second-order valence-corrected chi connectivity index (χ2v) is 3.29. The molecule has 0 aromatic carbocycles. The molecule has 0 saturated carbocycles. The highest BCUT2D eigenvalue weighted by Gasteiger charge is 2.31. The molecule has 104 valence electrons. The van der Waals surface area contributed by atoms with Crippen LogP contribution in [0.4, 0.5) is 26.3 Å². The number of pyridine rings is 1. The van der Waals surface area contributed by atoms with Crippen molar-refractivity contribution in [2.45, 2.75) is 12.4 Å². The molecule has 0 aliphatic heterocycles. The molecule has 19 heavy (non-hydrogen) atoms. The van der Waals surface area contributed by atoms with E-state index in [1.54, 1.807) is 0 Å². The molecule has 0 spiro atoms. The van der Waals surface area contributed by atoms with Gasteiger partial charge in [-0.25, -0.2) is 0 Å². The fourth-order valence-electron chi connectivity index (χ4n) is 1.04. The van der Waals surface area contributed by atoms with E-state index in [0.29, 0.717) is 0 Å². The van der Waals surface area contributed by atoms with Gasteiger partial charge < -0.3 is 4.98 Å². The Bertz CT molecular complexity index is 472. The molecule has 0 bridgehead atoms. The third-order valence-corrected chi connectivity index (χ3v) is 1.86. The molecule has 0 fully saturated rings. The van der Waals surface area contributed by atoms with Crippen molar-refractivity contribution in [3.05, 3.63) is 54.1 Å². The maximum Gasteiger partial charge on any atom is 0.433 e. The van der Waals surface area contributed by atoms with Gasteiger partial charge in [-0.15, -0.1) is 0 Å². The summed E-state index contributed by atoms with van der Waals surface area (Å²) in [5.41, 5.74) is -1.56. The zero-order valence-electron chi connectivity index (χ0n) is 9.26. The Kier molecular flexibility index (Phi) is 4.57. The van der Waals surface area contributed by atoms with Crippen LogP contribution in [0.2, 0.25) is 0 Å². The van der Waals surface area contributed by atoms with Crippen LogP contribution in [0.15, 0.2) is 42.7 Å². The lowest BCUT2D eigenvalue weighted by Crippen LogP contribution is -2.06.